The van der Waals surface area contributed by atoms with Gasteiger partial charge in [0.25, 0.3) is 0 Å². The maximum Gasteiger partial charge on any atom is 0.244 e. The van der Waals surface area contributed by atoms with Crippen LogP contribution in [0.3, 0.4) is 0 Å². The first-order valence-electron chi connectivity index (χ1n) is 12.6. The van der Waals surface area contributed by atoms with Crippen molar-refractivity contribution >= 4 is 12.0 Å². The molecule has 2 aromatic carbocycles. The summed E-state index contributed by atoms with van der Waals surface area (Å²) in [5.74, 6) is -0.0292. The second-order valence-electron chi connectivity index (χ2n) is 9.21. The van der Waals surface area contributed by atoms with Crippen LogP contribution in [-0.4, -0.2) is 35.4 Å². The smallest absolute Gasteiger partial charge is 0.244 e. The molecule has 1 aliphatic heterocycles. The van der Waals surface area contributed by atoms with E-state index in [1.54, 1.807) is 12.1 Å². The Kier molecular flexibility index (Phi) is 9.18. The monoisotopic (exact) mass is 471 g/mol. The summed E-state index contributed by atoms with van der Waals surface area (Å²) >= 11 is 0. The number of piperidine rings is 1. The standard InChI is InChI=1S/C30H34FN3O/c31-30-27(15-9-21-33-30)16-17-28(35)32-20-8-7-10-24-18-22-34(23-19-24)29(25-11-3-1-4-12-25)26-13-5-2-6-14-26/h1-6,9,11-17,21,24,29H,7-8,10,18-20,22-23H2,(H,32,35). The molecule has 0 unspecified atom stereocenters. The predicted molar refractivity (Wildman–Crippen MR) is 139 cm³/mol. The Morgan fingerprint density at radius 2 is 1.63 bits per heavy atom. The van der Waals surface area contributed by atoms with E-state index in [0.29, 0.717) is 18.2 Å². The van der Waals surface area contributed by atoms with Gasteiger partial charge < -0.3 is 5.32 Å². The molecule has 2 heterocycles. The number of benzene rings is 2. The zero-order valence-electron chi connectivity index (χ0n) is 20.2. The molecule has 35 heavy (non-hydrogen) atoms. The Balaban J connectivity index is 1.18. The average Bonchev–Trinajstić information content (AvgIpc) is 2.90. The van der Waals surface area contributed by atoms with Crippen molar-refractivity contribution in [2.45, 2.75) is 38.1 Å². The molecule has 5 heteroatoms. The van der Waals surface area contributed by atoms with Crippen LogP contribution < -0.4 is 5.32 Å². The molecule has 0 radical (unpaired) electrons. The number of hydrogen-bond acceptors (Lipinski definition) is 3. The summed E-state index contributed by atoms with van der Waals surface area (Å²) in [6, 6.07) is 25.2. The predicted octanol–water partition coefficient (Wildman–Crippen LogP) is 6.02. The summed E-state index contributed by atoms with van der Waals surface area (Å²) < 4.78 is 13.5. The van der Waals surface area contributed by atoms with E-state index in [1.807, 2.05) is 0 Å². The van der Waals surface area contributed by atoms with E-state index in [2.05, 4.69) is 75.9 Å². The van der Waals surface area contributed by atoms with Gasteiger partial charge in [0.05, 0.1) is 6.04 Å². The first-order chi connectivity index (χ1) is 17.2. The van der Waals surface area contributed by atoms with E-state index in [4.69, 9.17) is 0 Å². The van der Waals surface area contributed by atoms with Gasteiger partial charge in [0.15, 0.2) is 0 Å². The second kappa shape index (κ2) is 13.0. The van der Waals surface area contributed by atoms with E-state index in [9.17, 15) is 9.18 Å². The van der Waals surface area contributed by atoms with Crippen molar-refractivity contribution < 1.29 is 9.18 Å². The molecule has 1 aliphatic rings. The molecule has 1 aromatic heterocycles. The molecule has 0 aliphatic carbocycles. The third-order valence-electron chi connectivity index (χ3n) is 6.79. The fourth-order valence-corrected chi connectivity index (χ4v) is 4.90. The van der Waals surface area contributed by atoms with Gasteiger partial charge in [-0.3, -0.25) is 9.69 Å². The lowest BCUT2D eigenvalue weighted by atomic mass is 9.88. The lowest BCUT2D eigenvalue weighted by Crippen LogP contribution is -2.37. The van der Waals surface area contributed by atoms with E-state index in [1.165, 1.54) is 48.7 Å². The summed E-state index contributed by atoms with van der Waals surface area (Å²) in [5.41, 5.74) is 3.03. The maximum atomic E-state index is 13.5. The van der Waals surface area contributed by atoms with Crippen LogP contribution in [0.1, 0.15) is 54.8 Å². The normalized spacial score (nSPS) is 15.0. The molecule has 0 spiro atoms. The van der Waals surface area contributed by atoms with Crippen molar-refractivity contribution in [3.05, 3.63) is 108 Å². The quantitative estimate of drug-likeness (QED) is 0.223. The Bertz CT molecular complexity index is 1040. The van der Waals surface area contributed by atoms with Crippen LogP contribution in [0.25, 0.3) is 6.08 Å². The van der Waals surface area contributed by atoms with Gasteiger partial charge in [-0.05, 0) is 67.6 Å². The van der Waals surface area contributed by atoms with E-state index >= 15 is 0 Å². The molecule has 0 atom stereocenters. The lowest BCUT2D eigenvalue weighted by Gasteiger charge is -2.38. The molecule has 3 aromatic rings. The topological polar surface area (TPSA) is 45.2 Å². The second-order valence-corrected chi connectivity index (χ2v) is 9.21. The van der Waals surface area contributed by atoms with Crippen LogP contribution in [0.5, 0.6) is 0 Å². The number of rotatable bonds is 10. The van der Waals surface area contributed by atoms with E-state index in [0.717, 1.165) is 31.8 Å². The van der Waals surface area contributed by atoms with Crippen LogP contribution in [0.4, 0.5) is 4.39 Å². The van der Waals surface area contributed by atoms with E-state index < -0.39 is 5.95 Å². The van der Waals surface area contributed by atoms with Crippen LogP contribution in [-0.2, 0) is 4.79 Å². The fraction of sp³-hybridized carbons (Fsp3) is 0.333. The minimum absolute atomic E-state index is 0.200. The number of nitrogens with zero attached hydrogens (tertiary/aromatic N) is 2. The van der Waals surface area contributed by atoms with Crippen LogP contribution in [0.15, 0.2) is 85.1 Å². The molecule has 1 saturated heterocycles. The number of unbranched alkanes of at least 4 members (excludes halogenated alkanes) is 1. The third kappa shape index (κ3) is 7.33. The molecule has 182 valence electrons. The number of halogens is 1. The van der Waals surface area contributed by atoms with E-state index in [-0.39, 0.29) is 5.91 Å². The summed E-state index contributed by atoms with van der Waals surface area (Å²) in [6.45, 7) is 2.85. The highest BCUT2D eigenvalue weighted by atomic mass is 19.1. The van der Waals surface area contributed by atoms with Gasteiger partial charge in [-0.25, -0.2) is 4.98 Å². The highest BCUT2D eigenvalue weighted by molar-refractivity contribution is 5.91. The molecular weight excluding hydrogens is 437 g/mol. The molecule has 0 bridgehead atoms. The molecule has 1 amide bonds. The summed E-state index contributed by atoms with van der Waals surface area (Å²) in [5, 5.41) is 2.89. The van der Waals surface area contributed by atoms with Gasteiger partial charge in [-0.1, -0.05) is 73.5 Å². The number of aromatic nitrogens is 1. The Hall–Kier alpha value is -3.31. The number of carbonyl (C=O) groups excluding carboxylic acids is 1. The molecule has 4 nitrogen and oxygen atoms in total. The minimum Gasteiger partial charge on any atom is -0.353 e. The summed E-state index contributed by atoms with van der Waals surface area (Å²) in [6.07, 6.45) is 9.90. The number of amides is 1. The van der Waals surface area contributed by atoms with Crippen molar-refractivity contribution in [3.8, 4) is 0 Å². The third-order valence-corrected chi connectivity index (χ3v) is 6.79. The minimum atomic E-state index is -0.568. The van der Waals surface area contributed by atoms with Crippen LogP contribution in [0, 0.1) is 11.9 Å². The van der Waals surface area contributed by atoms with Crippen molar-refractivity contribution in [2.75, 3.05) is 19.6 Å². The number of carbonyl (C=O) groups is 1. The molecule has 0 saturated carbocycles. The van der Waals surface area contributed by atoms with Crippen molar-refractivity contribution in [2.24, 2.45) is 5.92 Å². The molecular formula is C30H34FN3O. The SMILES string of the molecule is O=C(C=Cc1cccnc1F)NCCCCC1CCN(C(c2ccccc2)c2ccccc2)CC1. The van der Waals surface area contributed by atoms with Gasteiger partial charge >= 0.3 is 0 Å². The average molecular weight is 472 g/mol. The number of pyridine rings is 1. The number of likely N-dealkylation sites (tertiary alicyclic amines) is 1. The number of nitrogens with one attached hydrogen (secondary N) is 1. The largest absolute Gasteiger partial charge is 0.353 e. The summed E-state index contributed by atoms with van der Waals surface area (Å²) in [7, 11) is 0. The van der Waals surface area contributed by atoms with Crippen LogP contribution >= 0.6 is 0 Å². The van der Waals surface area contributed by atoms with Gasteiger partial charge in [0.1, 0.15) is 0 Å². The molecule has 4 rings (SSSR count). The van der Waals surface area contributed by atoms with Crippen molar-refractivity contribution in [1.82, 2.24) is 15.2 Å². The first kappa shape index (κ1) is 24.8. The maximum absolute atomic E-state index is 13.5. The highest BCUT2D eigenvalue weighted by Gasteiger charge is 2.27. The van der Waals surface area contributed by atoms with Crippen LogP contribution in [0.2, 0.25) is 0 Å². The molecule has 1 fully saturated rings. The Morgan fingerprint density at radius 1 is 0.971 bits per heavy atom. The zero-order valence-corrected chi connectivity index (χ0v) is 20.2. The van der Waals surface area contributed by atoms with Crippen molar-refractivity contribution in [1.29, 1.82) is 0 Å². The van der Waals surface area contributed by atoms with Gasteiger partial charge in [-0.15, -0.1) is 0 Å². The fourth-order valence-electron chi connectivity index (χ4n) is 4.90. The number of hydrogen-bond donors (Lipinski definition) is 1. The van der Waals surface area contributed by atoms with Gasteiger partial charge in [-0.2, -0.15) is 4.39 Å². The Morgan fingerprint density at radius 3 is 2.26 bits per heavy atom. The first-order valence-corrected chi connectivity index (χ1v) is 12.6. The zero-order chi connectivity index (χ0) is 24.3. The summed E-state index contributed by atoms with van der Waals surface area (Å²) in [4.78, 5) is 18.2. The molecule has 1 N–H and O–H groups in total. The van der Waals surface area contributed by atoms with Gasteiger partial charge in [0, 0.05) is 24.4 Å². The highest BCUT2D eigenvalue weighted by Crippen LogP contribution is 2.33. The van der Waals surface area contributed by atoms with Gasteiger partial charge in [0.2, 0.25) is 11.9 Å². The van der Waals surface area contributed by atoms with Crippen molar-refractivity contribution in [3.63, 3.8) is 0 Å². The Labute approximate surface area is 207 Å². The lowest BCUT2D eigenvalue weighted by molar-refractivity contribution is -0.116.